The molecular formula is C4H9NO2. The van der Waals surface area contributed by atoms with Crippen molar-refractivity contribution in [3.8, 4) is 0 Å². The summed E-state index contributed by atoms with van der Waals surface area (Å²) in [6, 6.07) is 0. The molecule has 0 aromatic heterocycles. The van der Waals surface area contributed by atoms with E-state index in [9.17, 15) is 4.79 Å². The zero-order valence-electron chi connectivity index (χ0n) is 4.05. The van der Waals surface area contributed by atoms with E-state index in [2.05, 4.69) is 0 Å². The van der Waals surface area contributed by atoms with Crippen LogP contribution in [0.15, 0.2) is 0 Å². The maximum Gasteiger partial charge on any atom is 0.306 e. The molecule has 1 aliphatic carbocycles. The Balaban J connectivity index is 0.000000360. The van der Waals surface area contributed by atoms with Crippen LogP contribution in [0.25, 0.3) is 0 Å². The summed E-state index contributed by atoms with van der Waals surface area (Å²) in [6.45, 7) is 0. The Morgan fingerprint density at radius 1 is 1.57 bits per heavy atom. The summed E-state index contributed by atoms with van der Waals surface area (Å²) in [5.41, 5.74) is 0. The molecule has 0 radical (unpaired) electrons. The zero-order chi connectivity index (χ0) is 4.57. The molecule has 4 N–H and O–H groups in total. The monoisotopic (exact) mass is 103 g/mol. The largest absolute Gasteiger partial charge is 0.481 e. The minimum atomic E-state index is -0.630. The molecule has 7 heavy (non-hydrogen) atoms. The highest BCUT2D eigenvalue weighted by Gasteiger charge is 2.28. The van der Waals surface area contributed by atoms with E-state index in [0.29, 0.717) is 0 Å². The van der Waals surface area contributed by atoms with Crippen molar-refractivity contribution in [2.24, 2.45) is 5.92 Å². The van der Waals surface area contributed by atoms with Crippen LogP contribution in [0.4, 0.5) is 0 Å². The van der Waals surface area contributed by atoms with Gasteiger partial charge < -0.3 is 11.3 Å². The van der Waals surface area contributed by atoms with E-state index in [1.165, 1.54) is 0 Å². The van der Waals surface area contributed by atoms with Crippen molar-refractivity contribution < 1.29 is 9.90 Å². The average Bonchev–Trinajstić information content (AvgIpc) is 2.06. The van der Waals surface area contributed by atoms with Gasteiger partial charge in [0.2, 0.25) is 0 Å². The van der Waals surface area contributed by atoms with Crippen molar-refractivity contribution in [3.05, 3.63) is 0 Å². The molecule has 0 unspecified atom stereocenters. The summed E-state index contributed by atoms with van der Waals surface area (Å²) in [5.74, 6) is -0.611. The molecular weight excluding hydrogens is 94.0 g/mol. The summed E-state index contributed by atoms with van der Waals surface area (Å²) in [7, 11) is 0. The first-order valence-corrected chi connectivity index (χ1v) is 2.03. The standard InChI is InChI=1S/C4H6O2.H3N/c5-4(6)3-1-2-3;/h3H,1-2H2,(H,5,6);1H3. The molecule has 1 aliphatic rings. The van der Waals surface area contributed by atoms with Crippen LogP contribution in [0.5, 0.6) is 0 Å². The third-order valence-corrected chi connectivity index (χ3v) is 0.927. The molecule has 0 aromatic carbocycles. The van der Waals surface area contributed by atoms with Crippen LogP contribution < -0.4 is 6.15 Å². The Labute approximate surface area is 41.9 Å². The second kappa shape index (κ2) is 1.93. The Hall–Kier alpha value is -0.570. The fraction of sp³-hybridized carbons (Fsp3) is 0.750. The highest BCUT2D eigenvalue weighted by atomic mass is 16.4. The van der Waals surface area contributed by atoms with Crippen LogP contribution in [-0.2, 0) is 4.79 Å². The molecule has 1 saturated carbocycles. The van der Waals surface area contributed by atoms with Crippen LogP contribution in [-0.4, -0.2) is 11.1 Å². The topological polar surface area (TPSA) is 72.3 Å². The zero-order valence-corrected chi connectivity index (χ0v) is 4.05. The molecule has 0 heterocycles. The van der Waals surface area contributed by atoms with Gasteiger partial charge in [-0.25, -0.2) is 0 Å². The molecule has 42 valence electrons. The smallest absolute Gasteiger partial charge is 0.306 e. The van der Waals surface area contributed by atoms with Crippen LogP contribution >= 0.6 is 0 Å². The van der Waals surface area contributed by atoms with Gasteiger partial charge in [-0.15, -0.1) is 0 Å². The molecule has 0 aromatic rings. The molecule has 0 bridgehead atoms. The van der Waals surface area contributed by atoms with Crippen LogP contribution in [0.3, 0.4) is 0 Å². The Morgan fingerprint density at radius 3 is 2.00 bits per heavy atom. The van der Waals surface area contributed by atoms with Gasteiger partial charge in [0.15, 0.2) is 0 Å². The Kier molecular flexibility index (Phi) is 1.77. The summed E-state index contributed by atoms with van der Waals surface area (Å²) in [5, 5.41) is 8.05. The molecule has 3 heteroatoms. The summed E-state index contributed by atoms with van der Waals surface area (Å²) < 4.78 is 0. The first kappa shape index (κ1) is 6.43. The van der Waals surface area contributed by atoms with Crippen molar-refractivity contribution in [1.29, 1.82) is 0 Å². The van der Waals surface area contributed by atoms with E-state index >= 15 is 0 Å². The normalized spacial score (nSPS) is 17.7. The SMILES string of the molecule is N.O=C(O)C1CC1. The second-order valence-electron chi connectivity index (χ2n) is 1.61. The number of carbonyl (C=O) groups is 1. The molecule has 0 aliphatic heterocycles. The number of rotatable bonds is 1. The molecule has 1 rings (SSSR count). The summed E-state index contributed by atoms with van der Waals surface area (Å²) in [6.07, 6.45) is 1.80. The van der Waals surface area contributed by atoms with Gasteiger partial charge in [0.05, 0.1) is 5.92 Å². The van der Waals surface area contributed by atoms with E-state index in [0.717, 1.165) is 12.8 Å². The van der Waals surface area contributed by atoms with Gasteiger partial charge in [0, 0.05) is 0 Å². The van der Waals surface area contributed by atoms with Crippen molar-refractivity contribution >= 4 is 5.97 Å². The van der Waals surface area contributed by atoms with E-state index in [1.54, 1.807) is 0 Å². The predicted octanol–water partition coefficient (Wildman–Crippen LogP) is 0.643. The van der Waals surface area contributed by atoms with Crippen molar-refractivity contribution in [2.75, 3.05) is 0 Å². The summed E-state index contributed by atoms with van der Waals surface area (Å²) >= 11 is 0. The number of hydrogen-bond donors (Lipinski definition) is 2. The Morgan fingerprint density at radius 2 is 2.00 bits per heavy atom. The van der Waals surface area contributed by atoms with Gasteiger partial charge in [0.1, 0.15) is 0 Å². The van der Waals surface area contributed by atoms with Crippen LogP contribution in [0.2, 0.25) is 0 Å². The van der Waals surface area contributed by atoms with Crippen LogP contribution in [0, 0.1) is 5.92 Å². The quantitative estimate of drug-likeness (QED) is 0.511. The average molecular weight is 103 g/mol. The van der Waals surface area contributed by atoms with Gasteiger partial charge in [-0.05, 0) is 12.8 Å². The van der Waals surface area contributed by atoms with Crippen molar-refractivity contribution in [1.82, 2.24) is 6.15 Å². The lowest BCUT2D eigenvalue weighted by molar-refractivity contribution is -0.138. The van der Waals surface area contributed by atoms with Crippen molar-refractivity contribution in [2.45, 2.75) is 12.8 Å². The minimum absolute atomic E-state index is 0. The molecule has 0 amide bonds. The van der Waals surface area contributed by atoms with Gasteiger partial charge >= 0.3 is 5.97 Å². The molecule has 0 atom stereocenters. The highest BCUT2D eigenvalue weighted by Crippen LogP contribution is 2.28. The fourth-order valence-electron chi connectivity index (χ4n) is 0.330. The lowest BCUT2D eigenvalue weighted by Gasteiger charge is -1.75. The van der Waals surface area contributed by atoms with Gasteiger partial charge in [-0.2, -0.15) is 0 Å². The number of carboxylic acids is 1. The summed E-state index contributed by atoms with van der Waals surface area (Å²) in [4.78, 5) is 9.76. The first-order chi connectivity index (χ1) is 2.80. The third kappa shape index (κ3) is 1.55. The van der Waals surface area contributed by atoms with E-state index < -0.39 is 5.97 Å². The van der Waals surface area contributed by atoms with Gasteiger partial charge in [0.25, 0.3) is 0 Å². The molecule has 1 fully saturated rings. The number of aliphatic carboxylic acids is 1. The van der Waals surface area contributed by atoms with E-state index in [4.69, 9.17) is 5.11 Å². The molecule has 0 saturated heterocycles. The molecule has 0 spiro atoms. The van der Waals surface area contributed by atoms with Gasteiger partial charge in [-0.1, -0.05) is 0 Å². The highest BCUT2D eigenvalue weighted by molar-refractivity contribution is 5.72. The minimum Gasteiger partial charge on any atom is -0.481 e. The van der Waals surface area contributed by atoms with E-state index in [-0.39, 0.29) is 12.1 Å². The lowest BCUT2D eigenvalue weighted by atomic mass is 10.5. The lowest BCUT2D eigenvalue weighted by Crippen LogP contribution is -1.94. The van der Waals surface area contributed by atoms with E-state index in [1.807, 2.05) is 0 Å². The molecule has 3 nitrogen and oxygen atoms in total. The maximum atomic E-state index is 9.76. The number of hydrogen-bond acceptors (Lipinski definition) is 2. The predicted molar refractivity (Wildman–Crippen MR) is 25.4 cm³/mol. The van der Waals surface area contributed by atoms with Crippen LogP contribution in [0.1, 0.15) is 12.8 Å². The second-order valence-corrected chi connectivity index (χ2v) is 1.61. The maximum absolute atomic E-state index is 9.76. The third-order valence-electron chi connectivity index (χ3n) is 0.927. The fourth-order valence-corrected chi connectivity index (χ4v) is 0.330. The Bertz CT molecular complexity index is 77.8. The first-order valence-electron chi connectivity index (χ1n) is 2.03. The van der Waals surface area contributed by atoms with Crippen molar-refractivity contribution in [3.63, 3.8) is 0 Å². The number of carboxylic acid groups (broad SMARTS) is 1. The van der Waals surface area contributed by atoms with Gasteiger partial charge in [-0.3, -0.25) is 4.79 Å².